The second-order valence-electron chi connectivity index (χ2n) is 8.41. The molecule has 2 heterocycles. The third-order valence-corrected chi connectivity index (χ3v) is 4.88. The monoisotopic (exact) mass is 268 g/mol. The Balaban J connectivity index is 2.19. The summed E-state index contributed by atoms with van der Waals surface area (Å²) in [6.07, 6.45) is 1.63. The third kappa shape index (κ3) is 3.14. The quantitative estimate of drug-likeness (QED) is 0.727. The summed E-state index contributed by atoms with van der Waals surface area (Å²) in [4.78, 5) is 5.39. The highest BCUT2D eigenvalue weighted by Crippen LogP contribution is 2.37. The Hall–Kier alpha value is -0.120. The van der Waals surface area contributed by atoms with Gasteiger partial charge in [-0.05, 0) is 32.6 Å². The summed E-state index contributed by atoms with van der Waals surface area (Å²) < 4.78 is 5.58. The van der Waals surface area contributed by atoms with Crippen LogP contribution in [0.4, 0.5) is 0 Å². The molecule has 0 saturated carbocycles. The van der Waals surface area contributed by atoms with Crippen molar-refractivity contribution in [3.05, 3.63) is 0 Å². The SMILES string of the molecule is COC1CC2CN(C(C)(C)C)C(C(C)(C)C)CN2C1. The minimum absolute atomic E-state index is 0.245. The standard InChI is InChI=1S/C16H32N2O/c1-15(2,3)14-11-17-10-13(19-7)8-12(17)9-18(14)16(4,5)6/h12-14H,8-11H2,1-7H3. The highest BCUT2D eigenvalue weighted by Gasteiger charge is 2.46. The number of piperazine rings is 1. The van der Waals surface area contributed by atoms with Crippen molar-refractivity contribution < 1.29 is 4.74 Å². The maximum absolute atomic E-state index is 5.58. The molecule has 3 nitrogen and oxygen atoms in total. The zero-order valence-electron chi connectivity index (χ0n) is 13.9. The molecule has 0 aromatic carbocycles. The minimum Gasteiger partial charge on any atom is -0.380 e. The summed E-state index contributed by atoms with van der Waals surface area (Å²) in [5, 5.41) is 0. The molecule has 0 aromatic heterocycles. The van der Waals surface area contributed by atoms with Crippen LogP contribution in [0, 0.1) is 5.41 Å². The van der Waals surface area contributed by atoms with Gasteiger partial charge in [-0.25, -0.2) is 0 Å². The van der Waals surface area contributed by atoms with Gasteiger partial charge in [0.1, 0.15) is 0 Å². The van der Waals surface area contributed by atoms with E-state index in [1.54, 1.807) is 0 Å². The van der Waals surface area contributed by atoms with Crippen LogP contribution >= 0.6 is 0 Å². The fourth-order valence-electron chi connectivity index (χ4n) is 3.68. The summed E-state index contributed by atoms with van der Waals surface area (Å²) in [5.74, 6) is 0. The molecule has 2 saturated heterocycles. The van der Waals surface area contributed by atoms with Gasteiger partial charge in [-0.3, -0.25) is 9.80 Å². The molecule has 2 aliphatic heterocycles. The number of hydrogen-bond donors (Lipinski definition) is 0. The molecule has 0 bridgehead atoms. The number of hydrogen-bond acceptors (Lipinski definition) is 3. The topological polar surface area (TPSA) is 15.7 Å². The second-order valence-corrected chi connectivity index (χ2v) is 8.41. The highest BCUT2D eigenvalue weighted by atomic mass is 16.5. The molecule has 3 heteroatoms. The summed E-state index contributed by atoms with van der Waals surface area (Å²) >= 11 is 0. The average Bonchev–Trinajstić information content (AvgIpc) is 2.66. The van der Waals surface area contributed by atoms with E-state index in [9.17, 15) is 0 Å². The van der Waals surface area contributed by atoms with E-state index in [4.69, 9.17) is 4.74 Å². The van der Waals surface area contributed by atoms with E-state index in [-0.39, 0.29) is 5.54 Å². The summed E-state index contributed by atoms with van der Waals surface area (Å²) in [6, 6.07) is 1.31. The molecule has 3 unspecified atom stereocenters. The molecule has 2 aliphatic rings. The molecule has 0 amide bonds. The van der Waals surface area contributed by atoms with E-state index in [1.165, 1.54) is 19.5 Å². The lowest BCUT2D eigenvalue weighted by molar-refractivity contribution is -0.0509. The van der Waals surface area contributed by atoms with Crippen molar-refractivity contribution in [3.63, 3.8) is 0 Å². The second kappa shape index (κ2) is 5.01. The smallest absolute Gasteiger partial charge is 0.0713 e. The van der Waals surface area contributed by atoms with Crippen molar-refractivity contribution in [1.29, 1.82) is 0 Å². The zero-order chi connectivity index (χ0) is 14.4. The van der Waals surface area contributed by atoms with Crippen molar-refractivity contribution in [2.24, 2.45) is 5.41 Å². The van der Waals surface area contributed by atoms with Crippen molar-refractivity contribution in [2.45, 2.75) is 71.7 Å². The predicted octanol–water partition coefficient (Wildman–Crippen LogP) is 2.60. The fourth-order valence-corrected chi connectivity index (χ4v) is 3.68. The Kier molecular flexibility index (Phi) is 4.03. The number of nitrogens with zero attached hydrogens (tertiary/aromatic N) is 2. The zero-order valence-corrected chi connectivity index (χ0v) is 13.9. The van der Waals surface area contributed by atoms with Gasteiger partial charge >= 0.3 is 0 Å². The molecule has 19 heavy (non-hydrogen) atoms. The lowest BCUT2D eigenvalue weighted by Gasteiger charge is -2.54. The summed E-state index contributed by atoms with van der Waals surface area (Å²) in [6.45, 7) is 17.7. The van der Waals surface area contributed by atoms with Gasteiger partial charge in [0.25, 0.3) is 0 Å². The summed E-state index contributed by atoms with van der Waals surface area (Å²) in [7, 11) is 1.85. The molecular weight excluding hydrogens is 236 g/mol. The van der Waals surface area contributed by atoms with Gasteiger partial charge in [0, 0.05) is 44.4 Å². The van der Waals surface area contributed by atoms with E-state index >= 15 is 0 Å². The van der Waals surface area contributed by atoms with Crippen molar-refractivity contribution in [1.82, 2.24) is 9.80 Å². The van der Waals surface area contributed by atoms with E-state index in [2.05, 4.69) is 51.3 Å². The molecule has 0 spiro atoms. The van der Waals surface area contributed by atoms with Gasteiger partial charge in [-0.1, -0.05) is 20.8 Å². The summed E-state index contributed by atoms with van der Waals surface area (Å²) in [5.41, 5.74) is 0.568. The molecule has 2 fully saturated rings. The number of ether oxygens (including phenoxy) is 1. The van der Waals surface area contributed by atoms with Crippen LogP contribution in [0.2, 0.25) is 0 Å². The molecule has 0 aromatic rings. The van der Waals surface area contributed by atoms with Gasteiger partial charge in [0.15, 0.2) is 0 Å². The lowest BCUT2D eigenvalue weighted by atomic mass is 9.81. The molecular formula is C16H32N2O. The predicted molar refractivity (Wildman–Crippen MR) is 80.5 cm³/mol. The van der Waals surface area contributed by atoms with E-state index in [0.717, 1.165) is 6.54 Å². The minimum atomic E-state index is 0.245. The Labute approximate surface area is 119 Å². The Bertz CT molecular complexity index is 286. The first-order valence-electron chi connectivity index (χ1n) is 7.66. The maximum atomic E-state index is 5.58. The lowest BCUT2D eigenvalue weighted by Crippen LogP contribution is -2.64. The molecule has 112 valence electrons. The van der Waals surface area contributed by atoms with Gasteiger partial charge in [-0.15, -0.1) is 0 Å². The van der Waals surface area contributed by atoms with Gasteiger partial charge in [-0.2, -0.15) is 0 Å². The molecule has 0 radical (unpaired) electrons. The first kappa shape index (κ1) is 15.3. The largest absolute Gasteiger partial charge is 0.380 e. The molecule has 0 N–H and O–H groups in total. The average molecular weight is 268 g/mol. The molecule has 0 aliphatic carbocycles. The van der Waals surface area contributed by atoms with E-state index in [1.807, 2.05) is 7.11 Å². The Morgan fingerprint density at radius 2 is 1.58 bits per heavy atom. The van der Waals surface area contributed by atoms with Crippen molar-refractivity contribution in [2.75, 3.05) is 26.7 Å². The maximum Gasteiger partial charge on any atom is 0.0713 e. The Morgan fingerprint density at radius 3 is 2.05 bits per heavy atom. The van der Waals surface area contributed by atoms with Crippen LogP contribution < -0.4 is 0 Å². The number of rotatable bonds is 1. The first-order valence-corrected chi connectivity index (χ1v) is 7.66. The van der Waals surface area contributed by atoms with Crippen LogP contribution in [-0.4, -0.2) is 60.3 Å². The van der Waals surface area contributed by atoms with Crippen LogP contribution in [-0.2, 0) is 4.74 Å². The molecule has 3 atom stereocenters. The van der Waals surface area contributed by atoms with Crippen LogP contribution in [0.1, 0.15) is 48.0 Å². The van der Waals surface area contributed by atoms with Gasteiger partial charge < -0.3 is 4.74 Å². The fraction of sp³-hybridized carbons (Fsp3) is 1.00. The van der Waals surface area contributed by atoms with Crippen LogP contribution in [0.3, 0.4) is 0 Å². The first-order chi connectivity index (χ1) is 8.63. The van der Waals surface area contributed by atoms with Crippen LogP contribution in [0.5, 0.6) is 0 Å². The van der Waals surface area contributed by atoms with Crippen molar-refractivity contribution in [3.8, 4) is 0 Å². The number of methoxy groups -OCH3 is 1. The van der Waals surface area contributed by atoms with Crippen LogP contribution in [0.15, 0.2) is 0 Å². The van der Waals surface area contributed by atoms with Crippen molar-refractivity contribution >= 4 is 0 Å². The highest BCUT2D eigenvalue weighted by molar-refractivity contribution is 5.02. The molecule has 2 rings (SSSR count). The van der Waals surface area contributed by atoms with E-state index < -0.39 is 0 Å². The Morgan fingerprint density at radius 1 is 0.947 bits per heavy atom. The number of fused-ring (bicyclic) bond motifs is 1. The van der Waals surface area contributed by atoms with Gasteiger partial charge in [0.2, 0.25) is 0 Å². The van der Waals surface area contributed by atoms with E-state index in [0.29, 0.717) is 23.6 Å². The normalized spacial score (nSPS) is 34.6. The van der Waals surface area contributed by atoms with Crippen LogP contribution in [0.25, 0.3) is 0 Å². The van der Waals surface area contributed by atoms with Gasteiger partial charge in [0.05, 0.1) is 6.10 Å². The third-order valence-electron chi connectivity index (χ3n) is 4.88.